The molecule has 0 radical (unpaired) electrons. The predicted octanol–water partition coefficient (Wildman–Crippen LogP) is -0.652. The van der Waals surface area contributed by atoms with E-state index in [2.05, 4.69) is 29.6 Å². The van der Waals surface area contributed by atoms with Crippen LogP contribution in [-0.2, 0) is 4.79 Å². The number of rotatable bonds is 3. The zero-order chi connectivity index (χ0) is 13.0. The molecule has 2 rings (SSSR count). The van der Waals surface area contributed by atoms with Crippen molar-refractivity contribution in [2.45, 2.75) is 18.9 Å². The van der Waals surface area contributed by atoms with Crippen molar-refractivity contribution in [1.29, 1.82) is 0 Å². The highest BCUT2D eigenvalue weighted by atomic mass is 16.2. The van der Waals surface area contributed by atoms with E-state index in [0.29, 0.717) is 0 Å². The second kappa shape index (κ2) is 6.50. The van der Waals surface area contributed by atoms with Crippen LogP contribution in [0.1, 0.15) is 12.8 Å². The Morgan fingerprint density at radius 3 is 2.56 bits per heavy atom. The van der Waals surface area contributed by atoms with Crippen LogP contribution in [0.4, 0.5) is 0 Å². The van der Waals surface area contributed by atoms with Gasteiger partial charge in [0.1, 0.15) is 0 Å². The molecular weight excluding hydrogens is 228 g/mol. The van der Waals surface area contributed by atoms with Gasteiger partial charge in [0.15, 0.2) is 0 Å². The molecule has 0 saturated carbocycles. The average molecular weight is 254 g/mol. The third-order valence-corrected chi connectivity index (χ3v) is 3.89. The van der Waals surface area contributed by atoms with Crippen LogP contribution in [0, 0.1) is 5.92 Å². The van der Waals surface area contributed by atoms with E-state index < -0.39 is 0 Å². The summed E-state index contributed by atoms with van der Waals surface area (Å²) in [6, 6.07) is -0.0100. The lowest BCUT2D eigenvalue weighted by molar-refractivity contribution is -0.135. The summed E-state index contributed by atoms with van der Waals surface area (Å²) in [5.41, 5.74) is 0. The summed E-state index contributed by atoms with van der Waals surface area (Å²) >= 11 is 0. The van der Waals surface area contributed by atoms with Crippen LogP contribution in [0.25, 0.3) is 0 Å². The zero-order valence-electron chi connectivity index (χ0n) is 11.6. The number of piperidine rings is 1. The van der Waals surface area contributed by atoms with Crippen molar-refractivity contribution in [3.63, 3.8) is 0 Å². The standard InChI is InChI=1S/C13H26N4O/c1-16(2)10-11-3-7-17(8-4-11)13(18)12-9-14-5-6-15-12/h11-12,14-15H,3-10H2,1-2H3. The van der Waals surface area contributed by atoms with E-state index in [4.69, 9.17) is 0 Å². The van der Waals surface area contributed by atoms with E-state index in [1.165, 1.54) is 0 Å². The lowest BCUT2D eigenvalue weighted by Crippen LogP contribution is -2.57. The molecule has 2 aliphatic heterocycles. The van der Waals surface area contributed by atoms with E-state index in [0.717, 1.165) is 58.0 Å². The molecule has 0 aromatic carbocycles. The molecule has 18 heavy (non-hydrogen) atoms. The van der Waals surface area contributed by atoms with Crippen LogP contribution in [-0.4, -0.2) is 75.1 Å². The van der Waals surface area contributed by atoms with Crippen molar-refractivity contribution in [3.05, 3.63) is 0 Å². The molecule has 2 aliphatic rings. The average Bonchev–Trinajstić information content (AvgIpc) is 2.39. The minimum Gasteiger partial charge on any atom is -0.341 e. The molecule has 5 heteroatoms. The van der Waals surface area contributed by atoms with Gasteiger partial charge in [0.2, 0.25) is 5.91 Å². The van der Waals surface area contributed by atoms with E-state index in [1.54, 1.807) is 0 Å². The Bertz CT molecular complexity index is 268. The van der Waals surface area contributed by atoms with Crippen molar-refractivity contribution < 1.29 is 4.79 Å². The first-order chi connectivity index (χ1) is 8.66. The van der Waals surface area contributed by atoms with E-state index >= 15 is 0 Å². The van der Waals surface area contributed by atoms with Gasteiger partial charge in [-0.2, -0.15) is 0 Å². The summed E-state index contributed by atoms with van der Waals surface area (Å²) < 4.78 is 0. The summed E-state index contributed by atoms with van der Waals surface area (Å²) in [6.45, 7) is 5.63. The SMILES string of the molecule is CN(C)CC1CCN(C(=O)C2CNCCN2)CC1. The highest BCUT2D eigenvalue weighted by Crippen LogP contribution is 2.18. The van der Waals surface area contributed by atoms with E-state index in [-0.39, 0.29) is 11.9 Å². The molecule has 0 aliphatic carbocycles. The fourth-order valence-corrected chi connectivity index (χ4v) is 2.90. The molecule has 0 spiro atoms. The second-order valence-electron chi connectivity index (χ2n) is 5.74. The van der Waals surface area contributed by atoms with Crippen LogP contribution in [0.3, 0.4) is 0 Å². The van der Waals surface area contributed by atoms with Gasteiger partial charge in [-0.15, -0.1) is 0 Å². The number of carbonyl (C=O) groups is 1. The summed E-state index contributed by atoms with van der Waals surface area (Å²) in [5, 5.41) is 6.57. The molecule has 2 N–H and O–H groups in total. The molecule has 2 heterocycles. The number of hydrogen-bond acceptors (Lipinski definition) is 4. The number of likely N-dealkylation sites (tertiary alicyclic amines) is 1. The van der Waals surface area contributed by atoms with Gasteiger partial charge in [-0.05, 0) is 32.9 Å². The molecule has 1 atom stereocenters. The van der Waals surface area contributed by atoms with Gasteiger partial charge < -0.3 is 20.4 Å². The molecule has 0 aromatic heterocycles. The topological polar surface area (TPSA) is 47.6 Å². The Morgan fingerprint density at radius 1 is 1.28 bits per heavy atom. The van der Waals surface area contributed by atoms with Gasteiger partial charge in [-0.3, -0.25) is 4.79 Å². The number of carbonyl (C=O) groups excluding carboxylic acids is 1. The number of nitrogens with one attached hydrogen (secondary N) is 2. The number of nitrogens with zero attached hydrogens (tertiary/aromatic N) is 2. The van der Waals surface area contributed by atoms with Gasteiger partial charge in [0.05, 0.1) is 6.04 Å². The first-order valence-corrected chi connectivity index (χ1v) is 7.04. The highest BCUT2D eigenvalue weighted by molar-refractivity contribution is 5.82. The van der Waals surface area contributed by atoms with Gasteiger partial charge in [0, 0.05) is 39.3 Å². The number of amides is 1. The van der Waals surface area contributed by atoms with Gasteiger partial charge >= 0.3 is 0 Å². The van der Waals surface area contributed by atoms with Crippen molar-refractivity contribution in [2.24, 2.45) is 5.92 Å². The first-order valence-electron chi connectivity index (χ1n) is 7.04. The van der Waals surface area contributed by atoms with Crippen LogP contribution < -0.4 is 10.6 Å². The van der Waals surface area contributed by atoms with Crippen molar-refractivity contribution >= 4 is 5.91 Å². The minimum absolute atomic E-state index is 0.0100. The van der Waals surface area contributed by atoms with Crippen LogP contribution in [0.2, 0.25) is 0 Å². The molecule has 104 valence electrons. The van der Waals surface area contributed by atoms with Gasteiger partial charge in [-0.25, -0.2) is 0 Å². The Balaban J connectivity index is 1.76. The van der Waals surface area contributed by atoms with Gasteiger partial charge in [-0.1, -0.05) is 0 Å². The zero-order valence-corrected chi connectivity index (χ0v) is 11.6. The molecule has 1 amide bonds. The number of piperazine rings is 1. The van der Waals surface area contributed by atoms with Crippen LogP contribution >= 0.6 is 0 Å². The second-order valence-corrected chi connectivity index (χ2v) is 5.74. The largest absolute Gasteiger partial charge is 0.341 e. The Kier molecular flexibility index (Phi) is 4.97. The van der Waals surface area contributed by atoms with Crippen molar-refractivity contribution in [3.8, 4) is 0 Å². The number of hydrogen-bond donors (Lipinski definition) is 2. The van der Waals surface area contributed by atoms with Crippen molar-refractivity contribution in [2.75, 3.05) is 53.4 Å². The molecular formula is C13H26N4O. The molecule has 0 bridgehead atoms. The lowest BCUT2D eigenvalue weighted by atomic mass is 9.96. The van der Waals surface area contributed by atoms with E-state index in [9.17, 15) is 4.79 Å². The minimum atomic E-state index is -0.0100. The molecule has 1 unspecified atom stereocenters. The summed E-state index contributed by atoms with van der Waals surface area (Å²) in [5.74, 6) is 1.03. The Hall–Kier alpha value is -0.650. The smallest absolute Gasteiger partial charge is 0.241 e. The van der Waals surface area contributed by atoms with Gasteiger partial charge in [0.25, 0.3) is 0 Å². The fraction of sp³-hybridized carbons (Fsp3) is 0.923. The normalized spacial score (nSPS) is 26.6. The fourth-order valence-electron chi connectivity index (χ4n) is 2.90. The first kappa shape index (κ1) is 13.8. The predicted molar refractivity (Wildman–Crippen MR) is 72.5 cm³/mol. The van der Waals surface area contributed by atoms with Crippen LogP contribution in [0.5, 0.6) is 0 Å². The maximum absolute atomic E-state index is 12.3. The maximum atomic E-state index is 12.3. The Morgan fingerprint density at radius 2 is 2.00 bits per heavy atom. The quantitative estimate of drug-likeness (QED) is 0.702. The molecule has 5 nitrogen and oxygen atoms in total. The molecule has 2 fully saturated rings. The summed E-state index contributed by atoms with van der Waals surface area (Å²) in [7, 11) is 4.24. The Labute approximate surface area is 110 Å². The van der Waals surface area contributed by atoms with E-state index in [1.807, 2.05) is 4.90 Å². The van der Waals surface area contributed by atoms with Crippen molar-refractivity contribution in [1.82, 2.24) is 20.4 Å². The summed E-state index contributed by atoms with van der Waals surface area (Å²) in [6.07, 6.45) is 2.29. The maximum Gasteiger partial charge on any atom is 0.241 e. The highest BCUT2D eigenvalue weighted by Gasteiger charge is 2.28. The lowest BCUT2D eigenvalue weighted by Gasteiger charge is -2.36. The third-order valence-electron chi connectivity index (χ3n) is 3.89. The third kappa shape index (κ3) is 3.67. The summed E-state index contributed by atoms with van der Waals surface area (Å²) in [4.78, 5) is 16.6. The van der Waals surface area contributed by atoms with Crippen LogP contribution in [0.15, 0.2) is 0 Å². The molecule has 2 saturated heterocycles. The molecule has 0 aromatic rings. The monoisotopic (exact) mass is 254 g/mol.